The highest BCUT2D eigenvalue weighted by molar-refractivity contribution is 6.03. The summed E-state index contributed by atoms with van der Waals surface area (Å²) in [5.41, 5.74) is 0.458. The molecule has 23 heavy (non-hydrogen) atoms. The predicted molar refractivity (Wildman–Crippen MR) is 82.1 cm³/mol. The van der Waals surface area contributed by atoms with Gasteiger partial charge in [0.1, 0.15) is 5.69 Å². The average Bonchev–Trinajstić information content (AvgIpc) is 2.57. The molecule has 0 aliphatic carbocycles. The molecule has 0 radical (unpaired) electrons. The molecule has 0 bridgehead atoms. The van der Waals surface area contributed by atoms with E-state index < -0.39 is 29.0 Å². The molecule has 0 saturated carbocycles. The molecule has 4 nitrogen and oxygen atoms in total. The molecule has 1 aromatic carbocycles. The first-order valence-electron chi connectivity index (χ1n) is 7.13. The highest BCUT2D eigenvalue weighted by Gasteiger charge is 2.16. The van der Waals surface area contributed by atoms with Crippen LogP contribution < -0.4 is 10.2 Å². The second-order valence-electron chi connectivity index (χ2n) is 4.75. The van der Waals surface area contributed by atoms with Crippen molar-refractivity contribution < 1.29 is 18.0 Å². The van der Waals surface area contributed by atoms with E-state index >= 15 is 0 Å². The normalized spacial score (nSPS) is 10.5. The number of amides is 1. The second-order valence-corrected chi connectivity index (χ2v) is 4.75. The van der Waals surface area contributed by atoms with Crippen LogP contribution in [0.3, 0.4) is 0 Å². The molecule has 1 aromatic heterocycles. The summed E-state index contributed by atoms with van der Waals surface area (Å²) >= 11 is 0. The van der Waals surface area contributed by atoms with Crippen LogP contribution in [0.2, 0.25) is 0 Å². The molecular weight excluding hydrogens is 307 g/mol. The first-order valence-corrected chi connectivity index (χ1v) is 7.13. The first kappa shape index (κ1) is 16.8. The van der Waals surface area contributed by atoms with Crippen molar-refractivity contribution >= 4 is 17.3 Å². The maximum absolute atomic E-state index is 13.5. The lowest BCUT2D eigenvalue weighted by Crippen LogP contribution is -2.22. The van der Waals surface area contributed by atoms with Gasteiger partial charge in [0, 0.05) is 13.1 Å². The third-order valence-corrected chi connectivity index (χ3v) is 3.39. The number of hydrogen-bond acceptors (Lipinski definition) is 3. The fourth-order valence-corrected chi connectivity index (χ4v) is 2.10. The molecular formula is C16H16F3N3O. The smallest absolute Gasteiger partial charge is 0.274 e. The Hall–Kier alpha value is -2.57. The number of carbonyl (C=O) groups excluding carboxylic acids is 1. The molecule has 0 saturated heterocycles. The zero-order valence-electron chi connectivity index (χ0n) is 12.7. The number of aromatic nitrogens is 1. The number of carbonyl (C=O) groups is 1. The number of hydrogen-bond donors (Lipinski definition) is 1. The molecule has 1 N–H and O–H groups in total. The Morgan fingerprint density at radius 1 is 1.09 bits per heavy atom. The Kier molecular flexibility index (Phi) is 5.20. The van der Waals surface area contributed by atoms with Crippen molar-refractivity contribution in [1.29, 1.82) is 0 Å². The molecule has 0 aliphatic heterocycles. The molecule has 1 heterocycles. The lowest BCUT2D eigenvalue weighted by molar-refractivity contribution is 0.102. The summed E-state index contributed by atoms with van der Waals surface area (Å²) in [4.78, 5) is 18.1. The van der Waals surface area contributed by atoms with Gasteiger partial charge >= 0.3 is 0 Å². The fraction of sp³-hybridized carbons (Fsp3) is 0.250. The Morgan fingerprint density at radius 3 is 2.35 bits per heavy atom. The van der Waals surface area contributed by atoms with Gasteiger partial charge in [-0.05, 0) is 38.1 Å². The number of benzene rings is 1. The van der Waals surface area contributed by atoms with Crippen LogP contribution in [0.25, 0.3) is 0 Å². The number of nitrogens with zero attached hydrogens (tertiary/aromatic N) is 2. The summed E-state index contributed by atoms with van der Waals surface area (Å²) in [5.74, 6) is -5.10. The monoisotopic (exact) mass is 323 g/mol. The summed E-state index contributed by atoms with van der Waals surface area (Å²) in [7, 11) is 0. The number of anilines is 2. The van der Waals surface area contributed by atoms with E-state index in [4.69, 9.17) is 0 Å². The SMILES string of the molecule is CCN(CC)c1ccc(C(=O)Nc2ccc(F)c(F)c2F)nc1. The molecule has 122 valence electrons. The number of rotatable bonds is 5. The maximum Gasteiger partial charge on any atom is 0.274 e. The van der Waals surface area contributed by atoms with Crippen molar-refractivity contribution in [3.8, 4) is 0 Å². The van der Waals surface area contributed by atoms with Crippen LogP contribution >= 0.6 is 0 Å². The largest absolute Gasteiger partial charge is 0.371 e. The topological polar surface area (TPSA) is 45.2 Å². The summed E-state index contributed by atoms with van der Waals surface area (Å²) < 4.78 is 39.5. The molecule has 2 aromatic rings. The summed E-state index contributed by atoms with van der Waals surface area (Å²) in [6.45, 7) is 5.58. The molecule has 0 unspecified atom stereocenters. The highest BCUT2D eigenvalue weighted by Crippen LogP contribution is 2.20. The zero-order chi connectivity index (χ0) is 17.0. The van der Waals surface area contributed by atoms with Gasteiger partial charge < -0.3 is 10.2 Å². The number of nitrogens with one attached hydrogen (secondary N) is 1. The first-order chi connectivity index (χ1) is 11.0. The minimum Gasteiger partial charge on any atom is -0.371 e. The Bertz CT molecular complexity index is 700. The summed E-state index contributed by atoms with van der Waals surface area (Å²) in [6.07, 6.45) is 1.53. The van der Waals surface area contributed by atoms with E-state index in [1.54, 1.807) is 6.07 Å². The van der Waals surface area contributed by atoms with Gasteiger partial charge in [0.15, 0.2) is 17.5 Å². The van der Waals surface area contributed by atoms with Crippen molar-refractivity contribution in [1.82, 2.24) is 4.98 Å². The fourth-order valence-electron chi connectivity index (χ4n) is 2.10. The van der Waals surface area contributed by atoms with Gasteiger partial charge in [-0.25, -0.2) is 18.2 Å². The van der Waals surface area contributed by atoms with E-state index in [0.717, 1.165) is 30.9 Å². The molecule has 7 heteroatoms. The van der Waals surface area contributed by atoms with Crippen LogP contribution in [0.5, 0.6) is 0 Å². The minimum atomic E-state index is -1.63. The van der Waals surface area contributed by atoms with E-state index in [0.29, 0.717) is 0 Å². The maximum atomic E-state index is 13.5. The van der Waals surface area contributed by atoms with Gasteiger partial charge in [0.25, 0.3) is 5.91 Å². The molecule has 0 atom stereocenters. The van der Waals surface area contributed by atoms with Crippen LogP contribution in [0, 0.1) is 17.5 Å². The third-order valence-electron chi connectivity index (χ3n) is 3.39. The van der Waals surface area contributed by atoms with Crippen molar-refractivity contribution in [2.45, 2.75) is 13.8 Å². The second kappa shape index (κ2) is 7.13. The molecule has 2 rings (SSSR count). The van der Waals surface area contributed by atoms with Gasteiger partial charge in [0.2, 0.25) is 0 Å². The highest BCUT2D eigenvalue weighted by atomic mass is 19.2. The van der Waals surface area contributed by atoms with Gasteiger partial charge in [-0.15, -0.1) is 0 Å². The third kappa shape index (κ3) is 3.61. The van der Waals surface area contributed by atoms with Crippen molar-refractivity contribution in [3.63, 3.8) is 0 Å². The summed E-state index contributed by atoms with van der Waals surface area (Å²) in [6, 6.07) is 4.90. The van der Waals surface area contributed by atoms with Crippen LogP contribution in [-0.4, -0.2) is 24.0 Å². The van der Waals surface area contributed by atoms with Crippen molar-refractivity contribution in [2.24, 2.45) is 0 Å². The van der Waals surface area contributed by atoms with Crippen LogP contribution in [0.4, 0.5) is 24.5 Å². The standard InChI is InChI=1S/C16H16F3N3O/c1-3-22(4-2)10-5-7-13(20-9-10)16(23)21-12-8-6-11(17)14(18)15(12)19/h5-9H,3-4H2,1-2H3,(H,21,23). The molecule has 0 aliphatic rings. The average molecular weight is 323 g/mol. The minimum absolute atomic E-state index is 0.0463. The number of pyridine rings is 1. The van der Waals surface area contributed by atoms with Crippen LogP contribution in [0.15, 0.2) is 30.5 Å². The quantitative estimate of drug-likeness (QED) is 0.855. The van der Waals surface area contributed by atoms with Gasteiger partial charge in [-0.1, -0.05) is 0 Å². The lowest BCUT2D eigenvalue weighted by Gasteiger charge is -2.20. The van der Waals surface area contributed by atoms with Gasteiger partial charge in [-0.3, -0.25) is 4.79 Å². The van der Waals surface area contributed by atoms with Gasteiger partial charge in [0.05, 0.1) is 17.6 Å². The van der Waals surface area contributed by atoms with Crippen LogP contribution in [-0.2, 0) is 0 Å². The van der Waals surface area contributed by atoms with E-state index in [-0.39, 0.29) is 5.69 Å². The predicted octanol–water partition coefficient (Wildman–Crippen LogP) is 3.60. The molecule has 1 amide bonds. The van der Waals surface area contributed by atoms with E-state index in [9.17, 15) is 18.0 Å². The summed E-state index contributed by atoms with van der Waals surface area (Å²) in [5, 5.41) is 2.17. The van der Waals surface area contributed by atoms with E-state index in [1.807, 2.05) is 18.7 Å². The lowest BCUT2D eigenvalue weighted by atomic mass is 10.2. The van der Waals surface area contributed by atoms with Crippen molar-refractivity contribution in [2.75, 3.05) is 23.3 Å². The van der Waals surface area contributed by atoms with Gasteiger partial charge in [-0.2, -0.15) is 0 Å². The van der Waals surface area contributed by atoms with E-state index in [2.05, 4.69) is 10.3 Å². The van der Waals surface area contributed by atoms with E-state index in [1.165, 1.54) is 12.3 Å². The number of halogens is 3. The Labute approximate surface area is 132 Å². The van der Waals surface area contributed by atoms with Crippen molar-refractivity contribution in [3.05, 3.63) is 53.6 Å². The molecule has 0 spiro atoms. The van der Waals surface area contributed by atoms with Crippen LogP contribution in [0.1, 0.15) is 24.3 Å². The Morgan fingerprint density at radius 2 is 1.78 bits per heavy atom. The molecule has 0 fully saturated rings. The Balaban J connectivity index is 2.17. The zero-order valence-corrected chi connectivity index (χ0v) is 12.7.